The quantitative estimate of drug-likeness (QED) is 0.708. The Kier molecular flexibility index (Phi) is 4.70. The van der Waals surface area contributed by atoms with Crippen LogP contribution in [0, 0.1) is 17.3 Å². The Labute approximate surface area is 118 Å². The summed E-state index contributed by atoms with van der Waals surface area (Å²) in [4.78, 5) is 2.89. The molecular formula is C16H31NS. The Balaban J connectivity index is 1.98. The highest BCUT2D eigenvalue weighted by Gasteiger charge is 2.41. The van der Waals surface area contributed by atoms with Crippen LogP contribution in [0.15, 0.2) is 0 Å². The molecule has 0 N–H and O–H groups in total. The first kappa shape index (κ1) is 14.7. The van der Waals surface area contributed by atoms with Crippen LogP contribution in [-0.2, 0) is 0 Å². The van der Waals surface area contributed by atoms with Gasteiger partial charge in [-0.1, -0.05) is 34.6 Å². The second kappa shape index (κ2) is 5.75. The zero-order chi connectivity index (χ0) is 13.3. The van der Waals surface area contributed by atoms with E-state index in [1.54, 1.807) is 0 Å². The van der Waals surface area contributed by atoms with E-state index in [4.69, 9.17) is 0 Å². The van der Waals surface area contributed by atoms with Crippen LogP contribution in [0.4, 0.5) is 0 Å². The molecule has 0 aromatic rings. The first-order valence-electron chi connectivity index (χ1n) is 7.72. The van der Waals surface area contributed by atoms with E-state index in [0.29, 0.717) is 5.41 Å². The topological polar surface area (TPSA) is 3.24 Å². The number of thioether (sulfide) groups is 1. The molecule has 1 saturated carbocycles. The van der Waals surface area contributed by atoms with Crippen LogP contribution in [0.5, 0.6) is 0 Å². The summed E-state index contributed by atoms with van der Waals surface area (Å²) in [6.45, 7) is 13.3. The van der Waals surface area contributed by atoms with Crippen LogP contribution in [0.2, 0.25) is 0 Å². The van der Waals surface area contributed by atoms with Crippen LogP contribution in [-0.4, -0.2) is 35.0 Å². The largest absolute Gasteiger partial charge is 0.295 e. The van der Waals surface area contributed by atoms with E-state index in [1.165, 1.54) is 37.3 Å². The molecule has 1 saturated heterocycles. The summed E-state index contributed by atoms with van der Waals surface area (Å²) in [5, 5.41) is 0. The summed E-state index contributed by atoms with van der Waals surface area (Å²) in [6, 6.07) is 1.74. The molecule has 1 nitrogen and oxygen atoms in total. The van der Waals surface area contributed by atoms with Gasteiger partial charge in [-0.3, -0.25) is 4.90 Å². The molecule has 0 spiro atoms. The van der Waals surface area contributed by atoms with Crippen molar-refractivity contribution in [2.45, 2.75) is 66.0 Å². The van der Waals surface area contributed by atoms with Gasteiger partial charge in [0, 0.05) is 23.6 Å². The lowest BCUT2D eigenvalue weighted by atomic mass is 9.90. The van der Waals surface area contributed by atoms with Crippen molar-refractivity contribution in [1.82, 2.24) is 4.90 Å². The van der Waals surface area contributed by atoms with E-state index in [1.807, 2.05) is 0 Å². The van der Waals surface area contributed by atoms with Gasteiger partial charge in [0.25, 0.3) is 0 Å². The smallest absolute Gasteiger partial charge is 0.0280 e. The molecule has 1 aliphatic heterocycles. The first-order valence-corrected chi connectivity index (χ1v) is 8.87. The second-order valence-electron chi connectivity index (χ2n) is 7.81. The molecule has 1 heterocycles. The van der Waals surface area contributed by atoms with Crippen molar-refractivity contribution < 1.29 is 0 Å². The Morgan fingerprint density at radius 2 is 1.78 bits per heavy atom. The minimum absolute atomic E-state index is 0.472. The lowest BCUT2D eigenvalue weighted by Gasteiger charge is -2.45. The molecule has 1 aliphatic carbocycles. The molecular weight excluding hydrogens is 238 g/mol. The molecule has 0 bridgehead atoms. The van der Waals surface area contributed by atoms with Gasteiger partial charge in [-0.25, -0.2) is 0 Å². The van der Waals surface area contributed by atoms with Crippen molar-refractivity contribution in [2.75, 3.05) is 18.1 Å². The minimum atomic E-state index is 0.472. The van der Waals surface area contributed by atoms with Crippen molar-refractivity contribution in [3.63, 3.8) is 0 Å². The third-order valence-corrected chi connectivity index (χ3v) is 5.62. The molecule has 1 unspecified atom stereocenters. The van der Waals surface area contributed by atoms with Crippen molar-refractivity contribution in [3.8, 4) is 0 Å². The summed E-state index contributed by atoms with van der Waals surface area (Å²) < 4.78 is 0. The van der Waals surface area contributed by atoms with Crippen molar-refractivity contribution in [3.05, 3.63) is 0 Å². The predicted octanol–water partition coefficient (Wildman–Crippen LogP) is 4.27. The molecule has 2 aliphatic rings. The predicted molar refractivity (Wildman–Crippen MR) is 83.2 cm³/mol. The molecule has 2 fully saturated rings. The fraction of sp³-hybridized carbons (Fsp3) is 1.00. The van der Waals surface area contributed by atoms with Crippen LogP contribution in [0.1, 0.15) is 53.9 Å². The van der Waals surface area contributed by atoms with Gasteiger partial charge in [-0.15, -0.1) is 0 Å². The standard InChI is InChI=1S/C16H31NS/c1-12(2)15(13-6-7-13)17(14-10-18-11-14)9-8-16(3,4)5/h12-15H,6-11H2,1-5H3. The number of hydrogen-bond donors (Lipinski definition) is 0. The van der Waals surface area contributed by atoms with E-state index in [2.05, 4.69) is 51.3 Å². The van der Waals surface area contributed by atoms with Crippen molar-refractivity contribution >= 4 is 11.8 Å². The van der Waals surface area contributed by atoms with Crippen molar-refractivity contribution in [2.24, 2.45) is 17.3 Å². The molecule has 1 atom stereocenters. The highest BCUT2D eigenvalue weighted by Crippen LogP contribution is 2.41. The lowest BCUT2D eigenvalue weighted by molar-refractivity contribution is 0.0866. The zero-order valence-corrected chi connectivity index (χ0v) is 13.7. The molecule has 106 valence electrons. The fourth-order valence-electron chi connectivity index (χ4n) is 3.09. The van der Waals surface area contributed by atoms with E-state index in [0.717, 1.165) is 23.9 Å². The van der Waals surface area contributed by atoms with Crippen LogP contribution in [0.3, 0.4) is 0 Å². The minimum Gasteiger partial charge on any atom is -0.295 e. The molecule has 0 aromatic heterocycles. The van der Waals surface area contributed by atoms with E-state index in [-0.39, 0.29) is 0 Å². The number of hydrogen-bond acceptors (Lipinski definition) is 2. The van der Waals surface area contributed by atoms with Gasteiger partial charge in [0.05, 0.1) is 0 Å². The van der Waals surface area contributed by atoms with Crippen LogP contribution in [0.25, 0.3) is 0 Å². The maximum Gasteiger partial charge on any atom is 0.0280 e. The average molecular weight is 269 g/mol. The lowest BCUT2D eigenvalue weighted by Crippen LogP contribution is -2.53. The summed E-state index contributed by atoms with van der Waals surface area (Å²) >= 11 is 2.13. The average Bonchev–Trinajstić information content (AvgIpc) is 2.93. The highest BCUT2D eigenvalue weighted by atomic mass is 32.2. The van der Waals surface area contributed by atoms with Gasteiger partial charge in [0.15, 0.2) is 0 Å². The summed E-state index contributed by atoms with van der Waals surface area (Å²) in [5.41, 5.74) is 0.472. The molecule has 0 aromatic carbocycles. The van der Waals surface area contributed by atoms with E-state index >= 15 is 0 Å². The van der Waals surface area contributed by atoms with Gasteiger partial charge in [0.1, 0.15) is 0 Å². The Morgan fingerprint density at radius 3 is 2.11 bits per heavy atom. The molecule has 2 heteroatoms. The van der Waals surface area contributed by atoms with Gasteiger partial charge in [-0.05, 0) is 43.1 Å². The number of rotatable bonds is 6. The highest BCUT2D eigenvalue weighted by molar-refractivity contribution is 8.00. The van der Waals surface area contributed by atoms with Gasteiger partial charge in [-0.2, -0.15) is 11.8 Å². The Morgan fingerprint density at radius 1 is 1.17 bits per heavy atom. The van der Waals surface area contributed by atoms with Gasteiger partial charge < -0.3 is 0 Å². The molecule has 18 heavy (non-hydrogen) atoms. The first-order chi connectivity index (χ1) is 8.38. The number of nitrogens with zero attached hydrogens (tertiary/aromatic N) is 1. The molecule has 2 rings (SSSR count). The normalized spacial score (nSPS) is 23.5. The Bertz CT molecular complexity index is 259. The monoisotopic (exact) mass is 269 g/mol. The zero-order valence-electron chi connectivity index (χ0n) is 12.9. The van der Waals surface area contributed by atoms with Gasteiger partial charge in [0.2, 0.25) is 0 Å². The second-order valence-corrected chi connectivity index (χ2v) is 8.89. The SMILES string of the molecule is CC(C)C(C1CC1)N(CCC(C)(C)C)C1CSC1. The fourth-order valence-corrected chi connectivity index (χ4v) is 3.92. The third-order valence-electron chi connectivity index (χ3n) is 4.38. The maximum atomic E-state index is 2.89. The van der Waals surface area contributed by atoms with Gasteiger partial charge >= 0.3 is 0 Å². The van der Waals surface area contributed by atoms with Crippen LogP contribution < -0.4 is 0 Å². The van der Waals surface area contributed by atoms with Crippen LogP contribution >= 0.6 is 11.8 Å². The Hall–Kier alpha value is 0.310. The summed E-state index contributed by atoms with van der Waals surface area (Å²) in [7, 11) is 0. The molecule has 0 amide bonds. The maximum absolute atomic E-state index is 2.89. The van der Waals surface area contributed by atoms with Crippen molar-refractivity contribution in [1.29, 1.82) is 0 Å². The van der Waals surface area contributed by atoms with E-state index < -0.39 is 0 Å². The summed E-state index contributed by atoms with van der Waals surface area (Å²) in [5.74, 6) is 4.58. The van der Waals surface area contributed by atoms with E-state index in [9.17, 15) is 0 Å². The third kappa shape index (κ3) is 3.90. The molecule has 0 radical (unpaired) electrons. The summed E-state index contributed by atoms with van der Waals surface area (Å²) in [6.07, 6.45) is 4.30.